The van der Waals surface area contributed by atoms with E-state index in [0.717, 1.165) is 23.0 Å². The number of nitrogens with one attached hydrogen (secondary N) is 1. The molecule has 0 spiro atoms. The number of hydrogen-bond acceptors (Lipinski definition) is 6. The standard InChI is InChI=1S/C27H24F3N5OS/c1-17-9-10-19-21(33-17)7-4-8-22(19)34-24(20-6-3-5-18-11-14-36-23(18)20)26(15-31,27(28,29)30)16-37-25-32-12-13-35(25)2/h3-10,12-13,24,34H,11,14,16H2,1-2H3. The minimum Gasteiger partial charge on any atom is -0.493 e. The van der Waals surface area contributed by atoms with Crippen molar-refractivity contribution in [2.75, 3.05) is 17.7 Å². The number of aromatic nitrogens is 3. The van der Waals surface area contributed by atoms with Gasteiger partial charge in [-0.25, -0.2) is 4.98 Å². The van der Waals surface area contributed by atoms with Crippen LogP contribution in [0.4, 0.5) is 18.9 Å². The molecule has 4 aromatic rings. The molecule has 2 aromatic heterocycles. The van der Waals surface area contributed by atoms with Gasteiger partial charge in [-0.15, -0.1) is 0 Å². The molecule has 1 N–H and O–H groups in total. The maximum atomic E-state index is 15.1. The second-order valence-corrected chi connectivity index (χ2v) is 9.97. The third-order valence-corrected chi connectivity index (χ3v) is 7.88. The second-order valence-electron chi connectivity index (χ2n) is 9.03. The van der Waals surface area contributed by atoms with Gasteiger partial charge in [-0.2, -0.15) is 18.4 Å². The topological polar surface area (TPSA) is 75.8 Å². The van der Waals surface area contributed by atoms with E-state index < -0.39 is 23.4 Å². The summed E-state index contributed by atoms with van der Waals surface area (Å²) in [5.41, 5.74) is 0.206. The number of fused-ring (bicyclic) bond motifs is 2. The van der Waals surface area contributed by atoms with Gasteiger partial charge in [-0.3, -0.25) is 4.98 Å². The number of anilines is 1. The van der Waals surface area contributed by atoms with E-state index in [4.69, 9.17) is 4.74 Å². The van der Waals surface area contributed by atoms with Gasteiger partial charge in [0.15, 0.2) is 10.6 Å². The van der Waals surface area contributed by atoms with Crippen LogP contribution in [0, 0.1) is 23.7 Å². The quantitative estimate of drug-likeness (QED) is 0.290. The molecule has 37 heavy (non-hydrogen) atoms. The van der Waals surface area contributed by atoms with E-state index in [1.54, 1.807) is 48.1 Å². The average Bonchev–Trinajstić information content (AvgIpc) is 3.51. The Kier molecular flexibility index (Phi) is 6.50. The van der Waals surface area contributed by atoms with E-state index >= 15 is 13.2 Å². The van der Waals surface area contributed by atoms with Gasteiger partial charge in [-0.1, -0.05) is 36.0 Å². The summed E-state index contributed by atoms with van der Waals surface area (Å²) >= 11 is 0.901. The lowest BCUT2D eigenvalue weighted by Crippen LogP contribution is -2.47. The fourth-order valence-electron chi connectivity index (χ4n) is 4.63. The summed E-state index contributed by atoms with van der Waals surface area (Å²) in [7, 11) is 1.70. The molecule has 0 bridgehead atoms. The Hall–Kier alpha value is -3.71. The highest BCUT2D eigenvalue weighted by Gasteiger charge is 2.61. The largest absolute Gasteiger partial charge is 0.493 e. The van der Waals surface area contributed by atoms with E-state index in [9.17, 15) is 5.26 Å². The highest BCUT2D eigenvalue weighted by Crippen LogP contribution is 2.53. The predicted molar refractivity (Wildman–Crippen MR) is 137 cm³/mol. The number of imidazole rings is 1. The van der Waals surface area contributed by atoms with Gasteiger partial charge in [0.2, 0.25) is 0 Å². The normalized spacial score (nSPS) is 15.5. The molecule has 190 valence electrons. The molecule has 0 saturated heterocycles. The number of hydrogen-bond donors (Lipinski definition) is 1. The summed E-state index contributed by atoms with van der Waals surface area (Å²) in [5.74, 6) is -0.165. The molecule has 2 unspecified atom stereocenters. The number of nitriles is 1. The molecule has 0 saturated carbocycles. The van der Waals surface area contributed by atoms with Gasteiger partial charge in [0, 0.05) is 53.9 Å². The molecule has 5 rings (SSSR count). The molecular weight excluding hydrogens is 499 g/mol. The first-order chi connectivity index (χ1) is 17.7. The lowest BCUT2D eigenvalue weighted by atomic mass is 9.77. The molecule has 6 nitrogen and oxygen atoms in total. The number of alkyl halides is 3. The van der Waals surface area contributed by atoms with E-state index in [2.05, 4.69) is 15.3 Å². The maximum Gasteiger partial charge on any atom is 0.410 e. The predicted octanol–water partition coefficient (Wildman–Crippen LogP) is 6.23. The number of aryl methyl sites for hydroxylation is 2. The Bertz CT molecular complexity index is 1500. The van der Waals surface area contributed by atoms with Crippen LogP contribution >= 0.6 is 11.8 Å². The maximum absolute atomic E-state index is 15.1. The van der Waals surface area contributed by atoms with Crippen molar-refractivity contribution in [1.82, 2.24) is 14.5 Å². The van der Waals surface area contributed by atoms with Crippen molar-refractivity contribution in [3.05, 3.63) is 77.7 Å². The molecule has 1 aliphatic rings. The summed E-state index contributed by atoms with van der Waals surface area (Å²) in [5, 5.41) is 14.5. The number of benzene rings is 2. The van der Waals surface area contributed by atoms with Crippen LogP contribution in [0.2, 0.25) is 0 Å². The zero-order valence-electron chi connectivity index (χ0n) is 20.2. The van der Waals surface area contributed by atoms with Crippen LogP contribution in [0.15, 0.2) is 66.1 Å². The molecular formula is C27H24F3N5OS. The number of thioether (sulfide) groups is 1. The molecule has 0 amide bonds. The number of ether oxygens (including phenoxy) is 1. The Morgan fingerprint density at radius 2 is 2.00 bits per heavy atom. The van der Waals surface area contributed by atoms with Gasteiger partial charge < -0.3 is 14.6 Å². The SMILES string of the molecule is Cc1ccc2c(NC(c3cccc4c3OCC4)C(C#N)(CSc3nccn3C)C(F)(F)F)cccc2n1. The molecule has 3 heterocycles. The number of para-hydroxylation sites is 1. The lowest BCUT2D eigenvalue weighted by Gasteiger charge is -2.38. The van der Waals surface area contributed by atoms with E-state index in [1.807, 2.05) is 31.2 Å². The highest BCUT2D eigenvalue weighted by molar-refractivity contribution is 7.99. The second kappa shape index (κ2) is 9.63. The van der Waals surface area contributed by atoms with E-state index in [-0.39, 0.29) is 0 Å². The molecule has 2 atom stereocenters. The zero-order chi connectivity index (χ0) is 26.2. The Morgan fingerprint density at radius 3 is 2.73 bits per heavy atom. The van der Waals surface area contributed by atoms with Crippen molar-refractivity contribution in [2.45, 2.75) is 30.7 Å². The smallest absolute Gasteiger partial charge is 0.410 e. The zero-order valence-corrected chi connectivity index (χ0v) is 21.0. The summed E-state index contributed by atoms with van der Waals surface area (Å²) in [6.07, 6.45) is -1.11. The van der Waals surface area contributed by atoms with Crippen molar-refractivity contribution in [3.63, 3.8) is 0 Å². The fraction of sp³-hybridized carbons (Fsp3) is 0.296. The van der Waals surface area contributed by atoms with Crippen molar-refractivity contribution >= 4 is 28.4 Å². The van der Waals surface area contributed by atoms with Crippen LogP contribution in [-0.4, -0.2) is 33.1 Å². The summed E-state index contributed by atoms with van der Waals surface area (Å²) < 4.78 is 52.8. The van der Waals surface area contributed by atoms with Gasteiger partial charge in [0.25, 0.3) is 0 Å². The molecule has 0 aliphatic carbocycles. The summed E-state index contributed by atoms with van der Waals surface area (Å²) in [6, 6.07) is 14.3. The van der Waals surface area contributed by atoms with Crippen LogP contribution in [0.3, 0.4) is 0 Å². The number of rotatable bonds is 7. The minimum absolute atomic E-state index is 0.298. The lowest BCUT2D eigenvalue weighted by molar-refractivity contribution is -0.200. The first-order valence-corrected chi connectivity index (χ1v) is 12.7. The first-order valence-electron chi connectivity index (χ1n) is 11.7. The van der Waals surface area contributed by atoms with Crippen LogP contribution in [0.5, 0.6) is 5.75 Å². The van der Waals surface area contributed by atoms with Crippen molar-refractivity contribution in [1.29, 1.82) is 5.26 Å². The summed E-state index contributed by atoms with van der Waals surface area (Å²) in [6.45, 7) is 2.23. The Labute approximate surface area is 216 Å². The van der Waals surface area contributed by atoms with Crippen LogP contribution in [0.25, 0.3) is 10.9 Å². The van der Waals surface area contributed by atoms with Crippen LogP contribution in [0.1, 0.15) is 22.9 Å². The van der Waals surface area contributed by atoms with Gasteiger partial charge in [0.1, 0.15) is 5.75 Å². The monoisotopic (exact) mass is 523 g/mol. The number of pyridine rings is 1. The first kappa shape index (κ1) is 25.0. The van der Waals surface area contributed by atoms with Crippen molar-refractivity contribution < 1.29 is 17.9 Å². The Morgan fingerprint density at radius 1 is 1.19 bits per heavy atom. The van der Waals surface area contributed by atoms with Crippen LogP contribution in [-0.2, 0) is 13.5 Å². The van der Waals surface area contributed by atoms with E-state index in [1.165, 1.54) is 6.20 Å². The number of nitrogens with zero attached hydrogens (tertiary/aromatic N) is 4. The summed E-state index contributed by atoms with van der Waals surface area (Å²) in [4.78, 5) is 8.67. The van der Waals surface area contributed by atoms with Crippen molar-refractivity contribution in [2.24, 2.45) is 12.5 Å². The average molecular weight is 524 g/mol. The highest BCUT2D eigenvalue weighted by atomic mass is 32.2. The molecule has 1 aliphatic heterocycles. The molecule has 2 aromatic carbocycles. The number of halogens is 3. The molecule has 10 heteroatoms. The van der Waals surface area contributed by atoms with Gasteiger partial charge >= 0.3 is 6.18 Å². The third-order valence-electron chi connectivity index (χ3n) is 6.63. The fourth-order valence-corrected chi connectivity index (χ4v) is 5.78. The van der Waals surface area contributed by atoms with Gasteiger partial charge in [0.05, 0.1) is 24.2 Å². The van der Waals surface area contributed by atoms with Gasteiger partial charge in [-0.05, 0) is 36.8 Å². The third kappa shape index (κ3) is 4.48. The minimum atomic E-state index is -4.88. The Balaban J connectivity index is 1.68. The molecule has 0 radical (unpaired) electrons. The molecule has 0 fully saturated rings. The van der Waals surface area contributed by atoms with Crippen LogP contribution < -0.4 is 10.1 Å². The van der Waals surface area contributed by atoms with E-state index in [0.29, 0.717) is 46.1 Å². The van der Waals surface area contributed by atoms with Crippen molar-refractivity contribution in [3.8, 4) is 11.8 Å².